The van der Waals surface area contributed by atoms with Gasteiger partial charge in [-0.2, -0.15) is 0 Å². The molecule has 2 rings (SSSR count). The summed E-state index contributed by atoms with van der Waals surface area (Å²) in [5.41, 5.74) is 0.168. The molecule has 0 bridgehead atoms. The van der Waals surface area contributed by atoms with Crippen LogP contribution in [0.2, 0.25) is 0 Å². The summed E-state index contributed by atoms with van der Waals surface area (Å²) in [6.45, 7) is 0. The van der Waals surface area contributed by atoms with E-state index in [0.29, 0.717) is 17.6 Å². The van der Waals surface area contributed by atoms with Crippen LogP contribution in [0.25, 0.3) is 0 Å². The zero-order valence-electron chi connectivity index (χ0n) is 11.8. The summed E-state index contributed by atoms with van der Waals surface area (Å²) in [5.74, 6) is -1.61. The quantitative estimate of drug-likeness (QED) is 0.916. The minimum absolute atomic E-state index is 0.168. The van der Waals surface area contributed by atoms with Crippen LogP contribution in [0.1, 0.15) is 0 Å². The number of hydrogen-bond donors (Lipinski definition) is 1. The van der Waals surface area contributed by atoms with E-state index in [9.17, 15) is 17.2 Å². The molecule has 2 aromatic rings. The van der Waals surface area contributed by atoms with Crippen LogP contribution in [0.15, 0.2) is 41.3 Å². The first-order chi connectivity index (χ1) is 10.4. The highest BCUT2D eigenvalue weighted by Crippen LogP contribution is 2.27. The average Bonchev–Trinajstić information content (AvgIpc) is 2.48. The van der Waals surface area contributed by atoms with Crippen molar-refractivity contribution >= 4 is 15.7 Å². The molecule has 0 unspecified atom stereocenters. The number of nitrogens with one attached hydrogen (secondary N) is 1. The molecule has 0 aliphatic rings. The molecule has 1 N–H and O–H groups in total. The topological polar surface area (TPSA) is 64.6 Å². The first kappa shape index (κ1) is 16.0. The summed E-state index contributed by atoms with van der Waals surface area (Å²) in [6.07, 6.45) is 0. The van der Waals surface area contributed by atoms with Gasteiger partial charge in [0.1, 0.15) is 11.5 Å². The Morgan fingerprint density at radius 3 is 2.00 bits per heavy atom. The van der Waals surface area contributed by atoms with E-state index in [2.05, 4.69) is 4.72 Å². The van der Waals surface area contributed by atoms with Gasteiger partial charge in [-0.3, -0.25) is 4.72 Å². The highest BCUT2D eigenvalue weighted by molar-refractivity contribution is 7.92. The largest absolute Gasteiger partial charge is 0.497 e. The number of methoxy groups -OCH3 is 2. The third-order valence-electron chi connectivity index (χ3n) is 2.81. The SMILES string of the molecule is COc1cc(NS(=O)(=O)c2ccc(F)c(F)c2)cc(OC)c1. The standard InChI is InChI=1S/C14H13F2NO4S/c1-20-10-5-9(6-11(7-10)21-2)17-22(18,19)12-3-4-13(15)14(16)8-12/h3-8,17H,1-2H3. The van der Waals surface area contributed by atoms with Gasteiger partial charge in [0.2, 0.25) is 0 Å². The Labute approximate surface area is 126 Å². The number of hydrogen-bond acceptors (Lipinski definition) is 4. The number of rotatable bonds is 5. The number of anilines is 1. The zero-order valence-corrected chi connectivity index (χ0v) is 12.6. The molecule has 0 spiro atoms. The van der Waals surface area contributed by atoms with Crippen molar-refractivity contribution in [1.29, 1.82) is 0 Å². The van der Waals surface area contributed by atoms with Crippen molar-refractivity contribution < 1.29 is 26.7 Å². The van der Waals surface area contributed by atoms with E-state index >= 15 is 0 Å². The number of benzene rings is 2. The lowest BCUT2D eigenvalue weighted by Gasteiger charge is -2.11. The van der Waals surface area contributed by atoms with Gasteiger partial charge in [-0.25, -0.2) is 17.2 Å². The molecule has 0 saturated heterocycles. The lowest BCUT2D eigenvalue weighted by Crippen LogP contribution is -2.13. The third kappa shape index (κ3) is 3.45. The minimum atomic E-state index is -4.07. The fourth-order valence-electron chi connectivity index (χ4n) is 1.72. The molecule has 22 heavy (non-hydrogen) atoms. The molecule has 118 valence electrons. The van der Waals surface area contributed by atoms with Gasteiger partial charge in [-0.1, -0.05) is 0 Å². The second kappa shape index (κ2) is 6.18. The van der Waals surface area contributed by atoms with E-state index < -0.39 is 26.6 Å². The van der Waals surface area contributed by atoms with Gasteiger partial charge in [-0.05, 0) is 18.2 Å². The van der Waals surface area contributed by atoms with Gasteiger partial charge < -0.3 is 9.47 Å². The number of halogens is 2. The van der Waals surface area contributed by atoms with E-state index in [1.807, 2.05) is 0 Å². The average molecular weight is 329 g/mol. The van der Waals surface area contributed by atoms with Gasteiger partial charge in [0, 0.05) is 18.2 Å². The van der Waals surface area contributed by atoms with Crippen molar-refractivity contribution in [3.8, 4) is 11.5 Å². The molecule has 5 nitrogen and oxygen atoms in total. The van der Waals surface area contributed by atoms with Gasteiger partial charge in [-0.15, -0.1) is 0 Å². The summed E-state index contributed by atoms with van der Waals surface area (Å²) >= 11 is 0. The summed E-state index contributed by atoms with van der Waals surface area (Å²) in [6, 6.07) is 6.75. The van der Waals surface area contributed by atoms with Crippen molar-refractivity contribution in [2.45, 2.75) is 4.90 Å². The molecular weight excluding hydrogens is 316 g/mol. The van der Waals surface area contributed by atoms with E-state index in [1.165, 1.54) is 26.4 Å². The fourth-order valence-corrected chi connectivity index (χ4v) is 2.78. The van der Waals surface area contributed by atoms with Crippen LogP contribution in [-0.4, -0.2) is 22.6 Å². The molecule has 0 radical (unpaired) electrons. The fraction of sp³-hybridized carbons (Fsp3) is 0.143. The van der Waals surface area contributed by atoms with Crippen molar-refractivity contribution in [1.82, 2.24) is 0 Å². The van der Waals surface area contributed by atoms with Crippen LogP contribution in [0.5, 0.6) is 11.5 Å². The number of sulfonamides is 1. The highest BCUT2D eigenvalue weighted by Gasteiger charge is 2.17. The van der Waals surface area contributed by atoms with Gasteiger partial charge in [0.05, 0.1) is 24.8 Å². The van der Waals surface area contributed by atoms with Crippen LogP contribution in [0.4, 0.5) is 14.5 Å². The Hall–Kier alpha value is -2.35. The van der Waals surface area contributed by atoms with Crippen molar-refractivity contribution in [3.05, 3.63) is 48.0 Å². The van der Waals surface area contributed by atoms with Crippen LogP contribution in [0, 0.1) is 11.6 Å². The van der Waals surface area contributed by atoms with Crippen LogP contribution >= 0.6 is 0 Å². The molecule has 0 heterocycles. The molecule has 0 atom stereocenters. The first-order valence-corrected chi connectivity index (χ1v) is 7.55. The second-order valence-electron chi connectivity index (χ2n) is 4.28. The summed E-state index contributed by atoms with van der Waals surface area (Å²) < 4.78 is 62.7. The Morgan fingerprint density at radius 1 is 0.909 bits per heavy atom. The summed E-state index contributed by atoms with van der Waals surface area (Å²) in [7, 11) is -1.23. The Balaban J connectivity index is 2.37. The van der Waals surface area contributed by atoms with E-state index in [1.54, 1.807) is 6.07 Å². The highest BCUT2D eigenvalue weighted by atomic mass is 32.2. The Bertz CT molecular complexity index is 771. The molecule has 0 aliphatic heterocycles. The molecule has 0 fully saturated rings. The van der Waals surface area contributed by atoms with Gasteiger partial charge in [0.25, 0.3) is 10.0 Å². The smallest absolute Gasteiger partial charge is 0.262 e. The van der Waals surface area contributed by atoms with Gasteiger partial charge in [0.15, 0.2) is 11.6 Å². The van der Waals surface area contributed by atoms with Crippen molar-refractivity contribution in [2.75, 3.05) is 18.9 Å². The molecule has 8 heteroatoms. The maximum atomic E-state index is 13.2. The maximum absolute atomic E-state index is 13.2. The molecule has 0 aliphatic carbocycles. The van der Waals surface area contributed by atoms with E-state index in [-0.39, 0.29) is 5.69 Å². The number of ether oxygens (including phenoxy) is 2. The Kier molecular flexibility index (Phi) is 4.51. The Morgan fingerprint density at radius 2 is 1.50 bits per heavy atom. The molecule has 0 aromatic heterocycles. The van der Waals surface area contributed by atoms with Gasteiger partial charge >= 0.3 is 0 Å². The van der Waals surface area contributed by atoms with E-state index in [4.69, 9.17) is 9.47 Å². The molecule has 2 aromatic carbocycles. The normalized spacial score (nSPS) is 11.1. The van der Waals surface area contributed by atoms with E-state index in [0.717, 1.165) is 12.1 Å². The summed E-state index contributed by atoms with van der Waals surface area (Å²) in [4.78, 5) is -0.395. The molecule has 0 amide bonds. The predicted octanol–water partition coefficient (Wildman–Crippen LogP) is 2.78. The third-order valence-corrected chi connectivity index (χ3v) is 4.18. The second-order valence-corrected chi connectivity index (χ2v) is 5.97. The van der Waals surface area contributed by atoms with Crippen LogP contribution < -0.4 is 14.2 Å². The molecular formula is C14H13F2NO4S. The predicted molar refractivity (Wildman–Crippen MR) is 76.7 cm³/mol. The maximum Gasteiger partial charge on any atom is 0.262 e. The van der Waals surface area contributed by atoms with Crippen molar-refractivity contribution in [3.63, 3.8) is 0 Å². The monoisotopic (exact) mass is 329 g/mol. The van der Waals surface area contributed by atoms with Crippen molar-refractivity contribution in [2.24, 2.45) is 0 Å². The van der Waals surface area contributed by atoms with Crippen LogP contribution in [-0.2, 0) is 10.0 Å². The minimum Gasteiger partial charge on any atom is -0.497 e. The molecule has 0 saturated carbocycles. The summed E-state index contributed by atoms with van der Waals surface area (Å²) in [5, 5.41) is 0. The lowest BCUT2D eigenvalue weighted by atomic mass is 10.3. The first-order valence-electron chi connectivity index (χ1n) is 6.06. The lowest BCUT2D eigenvalue weighted by molar-refractivity contribution is 0.395. The zero-order chi connectivity index (χ0) is 16.3. The van der Waals surface area contributed by atoms with Crippen LogP contribution in [0.3, 0.4) is 0 Å².